The lowest BCUT2D eigenvalue weighted by Crippen LogP contribution is -2.43. The quantitative estimate of drug-likeness (QED) is 0.265. The molecular weight excluding hydrogens is 445 g/mol. The minimum absolute atomic E-state index is 0.434. The fraction of sp³-hybridized carbons (Fsp3) is 0.556. The number of nitrogens with one attached hydrogen (secondary N) is 1. The molecule has 1 aromatic rings. The highest BCUT2D eigenvalue weighted by molar-refractivity contribution is 7.60. The van der Waals surface area contributed by atoms with Crippen LogP contribution in [0.5, 0.6) is 0 Å². The monoisotopic (exact) mass is 456 g/mol. The van der Waals surface area contributed by atoms with Gasteiger partial charge in [0.2, 0.25) is 0 Å². The Hall–Kier alpha value is -0.960. The van der Waals surface area contributed by atoms with Crippen LogP contribution in [-0.2, 0) is 22.7 Å². The zero-order chi connectivity index (χ0) is 20.8. The SMILES string of the molecule is O=c1[nH]c(=O)n([C@@H]2O[C@](F)(COP(=O)(O)OP(=O)(O)O)[C@@H](O)[C@H]2O)cc1Cl. The number of aliphatic hydroxyl groups is 2. The first kappa shape index (κ1) is 22.3. The molecule has 0 bridgehead atoms. The number of aromatic amines is 1. The summed E-state index contributed by atoms with van der Waals surface area (Å²) in [5.41, 5.74) is -2.18. The maximum atomic E-state index is 14.7. The van der Waals surface area contributed by atoms with E-state index in [1.54, 1.807) is 4.98 Å². The zero-order valence-corrected chi connectivity index (χ0v) is 15.3. The van der Waals surface area contributed by atoms with Gasteiger partial charge in [-0.3, -0.25) is 18.9 Å². The molecule has 14 nitrogen and oxygen atoms in total. The number of alkyl halides is 1. The van der Waals surface area contributed by atoms with Crippen LogP contribution in [0.3, 0.4) is 0 Å². The smallest absolute Gasteiger partial charge is 0.385 e. The molecule has 5 atom stereocenters. The molecule has 6 N–H and O–H groups in total. The lowest BCUT2D eigenvalue weighted by atomic mass is 10.1. The van der Waals surface area contributed by atoms with Crippen LogP contribution in [0.1, 0.15) is 6.23 Å². The molecule has 0 aromatic carbocycles. The first-order chi connectivity index (χ1) is 12.2. The number of ether oxygens (including phenoxy) is 1. The van der Waals surface area contributed by atoms with E-state index in [0.29, 0.717) is 10.8 Å². The summed E-state index contributed by atoms with van der Waals surface area (Å²) < 4.78 is 49.1. The van der Waals surface area contributed by atoms with Gasteiger partial charge in [0.15, 0.2) is 6.23 Å². The van der Waals surface area contributed by atoms with E-state index >= 15 is 0 Å². The Bertz CT molecular complexity index is 930. The van der Waals surface area contributed by atoms with Gasteiger partial charge in [0.05, 0.1) is 0 Å². The van der Waals surface area contributed by atoms with Crippen LogP contribution in [0.4, 0.5) is 4.39 Å². The van der Waals surface area contributed by atoms with Gasteiger partial charge in [-0.1, -0.05) is 11.6 Å². The first-order valence-corrected chi connectivity index (χ1v) is 10.0. The number of nitrogens with zero attached hydrogens (tertiary/aromatic N) is 1. The molecule has 1 aromatic heterocycles. The molecule has 2 heterocycles. The molecule has 0 aliphatic carbocycles. The molecule has 1 saturated heterocycles. The van der Waals surface area contributed by atoms with Crippen LogP contribution >= 0.6 is 27.2 Å². The standard InChI is InChI=1S/C9H12ClFN2O12P2/c10-3-1-13(8(17)12-6(3)16)7-4(14)5(15)9(11,24-7)2-23-27(21,22)25-26(18,19)20/h1,4-5,7,14-15H,2H2,(H,21,22)(H,12,16,17)(H2,18,19,20)/t4-,5+,7-,9-/m1/s1. The number of aliphatic hydroxyl groups excluding tert-OH is 2. The van der Waals surface area contributed by atoms with Gasteiger partial charge in [0.25, 0.3) is 11.4 Å². The summed E-state index contributed by atoms with van der Waals surface area (Å²) in [6.45, 7) is -1.64. The second kappa shape index (κ2) is 7.46. The minimum Gasteiger partial charge on any atom is -0.385 e. The molecule has 0 radical (unpaired) electrons. The van der Waals surface area contributed by atoms with Crippen molar-refractivity contribution in [2.24, 2.45) is 0 Å². The van der Waals surface area contributed by atoms with E-state index in [9.17, 15) is 33.3 Å². The summed E-state index contributed by atoms with van der Waals surface area (Å²) in [4.78, 5) is 50.7. The molecule has 1 aliphatic rings. The first-order valence-electron chi connectivity index (χ1n) is 6.63. The molecule has 1 fully saturated rings. The van der Waals surface area contributed by atoms with E-state index in [1.165, 1.54) is 0 Å². The highest BCUT2D eigenvalue weighted by Gasteiger charge is 2.57. The normalized spacial score (nSPS) is 31.0. The van der Waals surface area contributed by atoms with Gasteiger partial charge in [-0.2, -0.15) is 4.31 Å². The highest BCUT2D eigenvalue weighted by atomic mass is 35.5. The van der Waals surface area contributed by atoms with Crippen molar-refractivity contribution in [1.82, 2.24) is 9.55 Å². The summed E-state index contributed by atoms with van der Waals surface area (Å²) in [6, 6.07) is 0. The Morgan fingerprint density at radius 2 is 1.93 bits per heavy atom. The molecular formula is C9H12ClFN2O12P2. The third-order valence-electron chi connectivity index (χ3n) is 3.21. The second-order valence-electron chi connectivity index (χ2n) is 5.19. The average molecular weight is 457 g/mol. The van der Waals surface area contributed by atoms with Crippen LogP contribution in [0, 0.1) is 0 Å². The molecule has 1 unspecified atom stereocenters. The van der Waals surface area contributed by atoms with Crippen molar-refractivity contribution < 1.29 is 52.0 Å². The number of hydrogen-bond donors (Lipinski definition) is 6. The average Bonchev–Trinajstić information content (AvgIpc) is 2.72. The molecule has 1 aliphatic heterocycles. The van der Waals surface area contributed by atoms with Gasteiger partial charge in [0.1, 0.15) is 23.8 Å². The van der Waals surface area contributed by atoms with Crippen molar-refractivity contribution in [1.29, 1.82) is 0 Å². The van der Waals surface area contributed by atoms with E-state index < -0.39 is 62.8 Å². The molecule has 0 spiro atoms. The highest BCUT2D eigenvalue weighted by Crippen LogP contribution is 2.58. The maximum Gasteiger partial charge on any atom is 0.481 e. The van der Waals surface area contributed by atoms with E-state index in [1.807, 2.05) is 0 Å². The Kier molecular flexibility index (Phi) is 6.17. The van der Waals surface area contributed by atoms with Crippen molar-refractivity contribution in [3.63, 3.8) is 0 Å². The van der Waals surface area contributed by atoms with Crippen molar-refractivity contribution in [3.8, 4) is 0 Å². The summed E-state index contributed by atoms with van der Waals surface area (Å²) in [5, 5.41) is 19.1. The van der Waals surface area contributed by atoms with Gasteiger partial charge in [-0.15, -0.1) is 0 Å². The van der Waals surface area contributed by atoms with Gasteiger partial charge in [0, 0.05) is 6.20 Å². The van der Waals surface area contributed by atoms with Gasteiger partial charge < -0.3 is 29.6 Å². The van der Waals surface area contributed by atoms with Gasteiger partial charge in [-0.05, 0) is 0 Å². The molecule has 18 heteroatoms. The number of rotatable bonds is 6. The fourth-order valence-corrected chi connectivity index (χ4v) is 3.82. The Labute approximate surface area is 152 Å². The van der Waals surface area contributed by atoms with Crippen LogP contribution in [-0.4, -0.2) is 59.1 Å². The van der Waals surface area contributed by atoms with E-state index in [4.69, 9.17) is 26.3 Å². The lowest BCUT2D eigenvalue weighted by molar-refractivity contribution is -0.204. The number of phosphoric ester groups is 1. The number of phosphoric acid groups is 2. The van der Waals surface area contributed by atoms with Crippen molar-refractivity contribution in [2.75, 3.05) is 6.61 Å². The van der Waals surface area contributed by atoms with Crippen LogP contribution in [0.15, 0.2) is 15.8 Å². The topological polar surface area (TPSA) is 218 Å². The van der Waals surface area contributed by atoms with Crippen molar-refractivity contribution in [3.05, 3.63) is 32.1 Å². The Morgan fingerprint density at radius 3 is 2.48 bits per heavy atom. The van der Waals surface area contributed by atoms with E-state index in [2.05, 4.69) is 13.6 Å². The second-order valence-corrected chi connectivity index (χ2v) is 8.42. The van der Waals surface area contributed by atoms with Crippen LogP contribution < -0.4 is 11.2 Å². The summed E-state index contributed by atoms with van der Waals surface area (Å²) in [7, 11) is -11.0. The Balaban J connectivity index is 2.24. The zero-order valence-electron chi connectivity index (χ0n) is 12.7. The maximum absolute atomic E-state index is 14.7. The van der Waals surface area contributed by atoms with E-state index in [-0.39, 0.29) is 0 Å². The van der Waals surface area contributed by atoms with Gasteiger partial charge >= 0.3 is 21.3 Å². The minimum atomic E-state index is -5.48. The summed E-state index contributed by atoms with van der Waals surface area (Å²) in [5.74, 6) is -3.41. The molecule has 2 rings (SSSR count). The van der Waals surface area contributed by atoms with Crippen LogP contribution in [0.25, 0.3) is 0 Å². The van der Waals surface area contributed by atoms with E-state index in [0.717, 1.165) is 0 Å². The van der Waals surface area contributed by atoms with Gasteiger partial charge in [-0.25, -0.2) is 18.3 Å². The fourth-order valence-electron chi connectivity index (χ4n) is 2.07. The lowest BCUT2D eigenvalue weighted by Gasteiger charge is -2.23. The number of hydrogen-bond acceptors (Lipinski definition) is 9. The van der Waals surface area contributed by atoms with Crippen molar-refractivity contribution >= 4 is 27.2 Å². The van der Waals surface area contributed by atoms with Crippen LogP contribution in [0.2, 0.25) is 5.02 Å². The number of aromatic nitrogens is 2. The Morgan fingerprint density at radius 1 is 1.33 bits per heavy atom. The number of halogens is 2. The molecule has 27 heavy (non-hydrogen) atoms. The van der Waals surface area contributed by atoms with Crippen molar-refractivity contribution in [2.45, 2.75) is 24.3 Å². The predicted molar refractivity (Wildman–Crippen MR) is 81.2 cm³/mol. The molecule has 0 amide bonds. The third kappa shape index (κ3) is 5.10. The summed E-state index contributed by atoms with van der Waals surface area (Å²) in [6.07, 6.45) is -5.85. The molecule has 154 valence electrons. The third-order valence-corrected chi connectivity index (χ3v) is 5.61. The number of H-pyrrole nitrogens is 1. The summed E-state index contributed by atoms with van der Waals surface area (Å²) >= 11 is 5.52. The molecule has 0 saturated carbocycles. The largest absolute Gasteiger partial charge is 0.481 e. The predicted octanol–water partition coefficient (Wildman–Crippen LogP) is -1.67.